The monoisotopic (exact) mass is 839 g/mol. The smallest absolute Gasteiger partial charge is 0.142 e. The van der Waals surface area contributed by atoms with Crippen molar-refractivity contribution < 1.29 is 9.90 Å². The third kappa shape index (κ3) is 7.20. The molecule has 0 fully saturated rings. The molecule has 2 heteroatoms. The van der Waals surface area contributed by atoms with E-state index in [2.05, 4.69) is 141 Å². The lowest BCUT2D eigenvalue weighted by molar-refractivity contribution is 0.564. The van der Waals surface area contributed by atoms with Crippen LogP contribution in [0.1, 0.15) is 51.7 Å². The Bertz CT molecular complexity index is 3570. The van der Waals surface area contributed by atoms with Gasteiger partial charge in [0.15, 0.2) is 0 Å². The van der Waals surface area contributed by atoms with Crippen molar-refractivity contribution >= 4 is 60.7 Å². The molecule has 9 aromatic rings. The van der Waals surface area contributed by atoms with E-state index in [1.807, 2.05) is 96.1 Å². The Balaban J connectivity index is 1.16. The Morgan fingerprint density at radius 3 is 2.03 bits per heavy atom. The van der Waals surface area contributed by atoms with Gasteiger partial charge in [0.25, 0.3) is 0 Å². The largest absolute Gasteiger partial charge is 0.455 e. The van der Waals surface area contributed by atoms with E-state index in [9.17, 15) is 2.74 Å². The van der Waals surface area contributed by atoms with Crippen molar-refractivity contribution in [1.29, 1.82) is 0 Å². The van der Waals surface area contributed by atoms with Gasteiger partial charge < -0.3 is 9.32 Å². The zero-order chi connectivity index (χ0) is 47.5. The van der Waals surface area contributed by atoms with Crippen molar-refractivity contribution in [3.63, 3.8) is 0 Å². The van der Waals surface area contributed by atoms with Crippen LogP contribution in [0.4, 0.5) is 0 Å². The number of hydrogen-bond donors (Lipinski definition) is 0. The highest BCUT2D eigenvalue weighted by Crippen LogP contribution is 2.55. The van der Waals surface area contributed by atoms with Crippen LogP contribution in [0.3, 0.4) is 0 Å². The number of furan rings is 1. The second-order valence-corrected chi connectivity index (χ2v) is 16.1. The van der Waals surface area contributed by atoms with Gasteiger partial charge in [0.1, 0.15) is 11.2 Å². The molecule has 8 aromatic carbocycles. The van der Waals surface area contributed by atoms with E-state index in [4.69, 9.17) is 7.16 Å². The third-order valence-electron chi connectivity index (χ3n) is 12.6. The number of nitrogens with zero attached hydrogens (tertiary/aromatic N) is 1. The minimum Gasteiger partial charge on any atom is -0.455 e. The standard InChI is InChI=1S/C63H49NO/c1-5-22-50(40-39-47-43-46-23-13-14-28-53(46)55-30-16-15-29-54(47)55)64(45(4)38-37-44(3)52-33-21-34-58-57-32-18-20-36-61(57)65-62(52)58)42-41-60-51(6-2)56-31-17-19-35-59(56)63(60,48-24-9-7-10-25-48)49-26-11-8-12-27-49/h5-36,39-43H,1-4,37-38H2/b40-39+,42-41+,50-22+/i3D,4D,37D,38D/b40-39+,42-41+,44-3?,45-4?,50-22+. The molecule has 0 saturated carbocycles. The molecule has 1 aliphatic carbocycles. The first kappa shape index (κ1) is 36.3. The minimum atomic E-state index is -1.35. The second-order valence-electron chi connectivity index (χ2n) is 16.1. The predicted molar refractivity (Wildman–Crippen MR) is 277 cm³/mol. The number of allylic oxidation sites excluding steroid dienone is 9. The number of fused-ring (bicyclic) bond motifs is 7. The maximum Gasteiger partial charge on any atom is 0.142 e. The van der Waals surface area contributed by atoms with Gasteiger partial charge in [-0.3, -0.25) is 0 Å². The summed E-state index contributed by atoms with van der Waals surface area (Å²) in [5, 5.41) is 6.28. The second kappa shape index (κ2) is 17.5. The zero-order valence-electron chi connectivity index (χ0n) is 39.9. The molecule has 0 spiro atoms. The van der Waals surface area contributed by atoms with Crippen LogP contribution in [0.5, 0.6) is 0 Å². The first-order chi connectivity index (χ1) is 33.9. The molecular formula is C63H49NO. The fourth-order valence-corrected chi connectivity index (χ4v) is 9.66. The first-order valence-electron chi connectivity index (χ1n) is 24.1. The molecule has 0 bridgehead atoms. The minimum absolute atomic E-state index is 0.213. The van der Waals surface area contributed by atoms with Crippen LogP contribution in [-0.4, -0.2) is 4.90 Å². The quantitative estimate of drug-likeness (QED) is 0.0801. The van der Waals surface area contributed by atoms with Crippen molar-refractivity contribution in [2.24, 2.45) is 0 Å². The molecule has 2 atom stereocenters. The summed E-state index contributed by atoms with van der Waals surface area (Å²) < 4.78 is 44.0. The van der Waals surface area contributed by atoms with Gasteiger partial charge >= 0.3 is 0 Å². The summed E-state index contributed by atoms with van der Waals surface area (Å²) in [7, 11) is 0. The van der Waals surface area contributed by atoms with Crippen molar-refractivity contribution in [2.45, 2.75) is 18.2 Å². The highest BCUT2D eigenvalue weighted by Gasteiger charge is 2.46. The predicted octanol–water partition coefficient (Wildman–Crippen LogP) is 16.8. The summed E-state index contributed by atoms with van der Waals surface area (Å²) in [6.07, 6.45) is 10.9. The highest BCUT2D eigenvalue weighted by molar-refractivity contribution is 6.11. The molecule has 1 heterocycles. The van der Waals surface area contributed by atoms with Gasteiger partial charge in [0.2, 0.25) is 0 Å². The summed E-state index contributed by atoms with van der Waals surface area (Å²) in [5.41, 5.74) is 9.38. The molecule has 0 amide bonds. The van der Waals surface area contributed by atoms with Crippen LogP contribution < -0.4 is 0 Å². The summed E-state index contributed by atoms with van der Waals surface area (Å²) in [4.78, 5) is 1.83. The van der Waals surface area contributed by atoms with Gasteiger partial charge in [-0.05, 0) is 109 Å². The van der Waals surface area contributed by atoms with Crippen LogP contribution in [0, 0.1) is 0 Å². The molecule has 1 aromatic heterocycles. The lowest BCUT2D eigenvalue weighted by Crippen LogP contribution is -2.29. The normalized spacial score (nSPS) is 16.2. The van der Waals surface area contributed by atoms with Crippen molar-refractivity contribution in [3.8, 4) is 0 Å². The number of para-hydroxylation sites is 2. The molecule has 0 N–H and O–H groups in total. The highest BCUT2D eigenvalue weighted by atomic mass is 16.3. The molecular weight excluding hydrogens is 787 g/mol. The molecule has 65 heavy (non-hydrogen) atoms. The molecule has 0 aliphatic heterocycles. The van der Waals surface area contributed by atoms with Gasteiger partial charge in [-0.15, -0.1) is 0 Å². The van der Waals surface area contributed by atoms with E-state index < -0.39 is 18.2 Å². The Kier molecular flexibility index (Phi) is 9.78. The molecule has 0 saturated heterocycles. The lowest BCUT2D eigenvalue weighted by Gasteiger charge is -2.35. The maximum absolute atomic E-state index is 9.99. The van der Waals surface area contributed by atoms with Crippen molar-refractivity contribution in [1.82, 2.24) is 4.90 Å². The van der Waals surface area contributed by atoms with E-state index in [-0.39, 0.29) is 5.70 Å². The van der Waals surface area contributed by atoms with Crippen molar-refractivity contribution in [3.05, 3.63) is 295 Å². The van der Waals surface area contributed by atoms with Gasteiger partial charge in [-0.1, -0.05) is 214 Å². The van der Waals surface area contributed by atoms with Gasteiger partial charge in [0, 0.05) is 36.7 Å². The Hall–Kier alpha value is -8.20. The van der Waals surface area contributed by atoms with Gasteiger partial charge in [-0.25, -0.2) is 0 Å². The summed E-state index contributed by atoms with van der Waals surface area (Å²) in [5.74, 6) is 0. The lowest BCUT2D eigenvalue weighted by atomic mass is 9.67. The first-order valence-corrected chi connectivity index (χ1v) is 21.8. The topological polar surface area (TPSA) is 16.4 Å². The van der Waals surface area contributed by atoms with Crippen LogP contribution in [0.15, 0.2) is 266 Å². The van der Waals surface area contributed by atoms with Crippen LogP contribution in [0.25, 0.3) is 60.7 Å². The third-order valence-corrected chi connectivity index (χ3v) is 12.6. The van der Waals surface area contributed by atoms with Gasteiger partial charge in [0.05, 0.1) is 8.16 Å². The average molecular weight is 840 g/mol. The summed E-state index contributed by atoms with van der Waals surface area (Å²) in [6, 6.07) is 61.9. The zero-order valence-corrected chi connectivity index (χ0v) is 35.9. The van der Waals surface area contributed by atoms with E-state index in [0.717, 1.165) is 84.4 Å². The Labute approximate surface area is 387 Å². The number of rotatable bonds is 14. The van der Waals surface area contributed by atoms with Crippen LogP contribution >= 0.6 is 0 Å². The SMILES string of the molecule is [2H]C=C(c1cccc2c1oc1ccccc12)C([2H])C([2H])C(=C[2H])N(/C=C/C1=C(C=C)c2ccccc2C1(c1ccccc1)c1ccccc1)C(/C=C/c1cc2ccccc2c2ccccc12)=C/C=C. The van der Waals surface area contributed by atoms with E-state index in [1.54, 1.807) is 6.08 Å². The molecule has 2 nitrogen and oxygen atoms in total. The number of benzene rings is 8. The summed E-state index contributed by atoms with van der Waals surface area (Å²) in [6.45, 7) is 10.8. The maximum atomic E-state index is 9.99. The molecule has 0 radical (unpaired) electrons. The van der Waals surface area contributed by atoms with E-state index >= 15 is 0 Å². The fourth-order valence-electron chi connectivity index (χ4n) is 9.66. The van der Waals surface area contributed by atoms with E-state index in [0.29, 0.717) is 28.0 Å². The number of hydrogen-bond acceptors (Lipinski definition) is 2. The van der Waals surface area contributed by atoms with Crippen LogP contribution in [-0.2, 0) is 5.41 Å². The Morgan fingerprint density at radius 2 is 1.29 bits per heavy atom. The molecule has 1 aliphatic rings. The molecule has 312 valence electrons. The molecule has 10 rings (SSSR count). The van der Waals surface area contributed by atoms with Crippen LogP contribution in [0.2, 0.25) is 0 Å². The van der Waals surface area contributed by atoms with Gasteiger partial charge in [-0.2, -0.15) is 0 Å². The van der Waals surface area contributed by atoms with E-state index in [1.165, 1.54) is 0 Å². The molecule has 2 unspecified atom stereocenters. The fraction of sp³-hybridized carbons (Fsp3) is 0.0476. The summed E-state index contributed by atoms with van der Waals surface area (Å²) >= 11 is 0. The van der Waals surface area contributed by atoms with Crippen molar-refractivity contribution in [2.75, 3.05) is 0 Å². The Morgan fingerprint density at radius 1 is 0.631 bits per heavy atom. The average Bonchev–Trinajstić information content (AvgIpc) is 3.93.